The molecule has 1 aromatic heterocycles. The number of nitrogens with zero attached hydrogens (tertiary/aromatic N) is 2. The Bertz CT molecular complexity index is 634. The van der Waals surface area contributed by atoms with Crippen molar-refractivity contribution in [1.29, 1.82) is 0 Å². The van der Waals surface area contributed by atoms with Gasteiger partial charge in [-0.3, -0.25) is 9.78 Å². The molecule has 118 valence electrons. The molecule has 0 aliphatic heterocycles. The summed E-state index contributed by atoms with van der Waals surface area (Å²) >= 11 is 0. The molecule has 2 aliphatic rings. The number of pyridine rings is 1. The zero-order chi connectivity index (χ0) is 15.7. The highest BCUT2D eigenvalue weighted by atomic mass is 16.2. The average molecular weight is 306 g/mol. The van der Waals surface area contributed by atoms with Gasteiger partial charge >= 0.3 is 0 Å². The van der Waals surface area contributed by atoms with Crippen molar-refractivity contribution in [2.75, 3.05) is 13.1 Å². The second kappa shape index (κ2) is 5.80. The molecule has 1 aromatic carbocycles. The molecule has 2 aromatic rings. The molecular formula is C20H22N2O. The van der Waals surface area contributed by atoms with Crippen molar-refractivity contribution in [3.63, 3.8) is 0 Å². The number of amides is 1. The van der Waals surface area contributed by atoms with Crippen LogP contribution in [0.3, 0.4) is 0 Å². The van der Waals surface area contributed by atoms with Crippen LogP contribution in [0.4, 0.5) is 0 Å². The zero-order valence-electron chi connectivity index (χ0n) is 13.3. The summed E-state index contributed by atoms with van der Waals surface area (Å²) in [6, 6.07) is 14.5. The molecule has 0 saturated heterocycles. The molecule has 1 amide bonds. The fraction of sp³-hybridized carbons (Fsp3) is 0.400. The summed E-state index contributed by atoms with van der Waals surface area (Å²) in [7, 11) is 0. The van der Waals surface area contributed by atoms with Gasteiger partial charge in [0.25, 0.3) is 0 Å². The minimum absolute atomic E-state index is 0.0644. The predicted molar refractivity (Wildman–Crippen MR) is 89.8 cm³/mol. The Kier molecular flexibility index (Phi) is 3.64. The maximum atomic E-state index is 12.8. The van der Waals surface area contributed by atoms with E-state index in [1.165, 1.54) is 11.1 Å². The van der Waals surface area contributed by atoms with Crippen LogP contribution in [0.15, 0.2) is 54.9 Å². The Morgan fingerprint density at radius 2 is 1.57 bits per heavy atom. The van der Waals surface area contributed by atoms with Gasteiger partial charge in [-0.2, -0.15) is 0 Å². The molecule has 0 spiro atoms. The standard InChI is InChI=1S/C20H22N2O/c23-19(20-14-18(20)15-20)22(12-8-16-4-2-1-3-5-16)13-9-17-6-10-21-11-7-17/h1-7,10-11,18H,8-9,12-15H2. The quantitative estimate of drug-likeness (QED) is 0.787. The molecule has 0 bridgehead atoms. The van der Waals surface area contributed by atoms with Crippen LogP contribution in [0, 0.1) is 11.3 Å². The van der Waals surface area contributed by atoms with Crippen LogP contribution in [0.1, 0.15) is 24.0 Å². The first-order chi connectivity index (χ1) is 11.3. The van der Waals surface area contributed by atoms with Crippen LogP contribution in [0.2, 0.25) is 0 Å². The second-order valence-corrected chi connectivity index (χ2v) is 6.89. The first kappa shape index (κ1) is 14.4. The average Bonchev–Trinajstić information content (AvgIpc) is 3.46. The fourth-order valence-corrected chi connectivity index (χ4v) is 3.40. The van der Waals surface area contributed by atoms with Crippen LogP contribution < -0.4 is 0 Å². The van der Waals surface area contributed by atoms with Crippen molar-refractivity contribution in [2.45, 2.75) is 25.7 Å². The first-order valence-electron chi connectivity index (χ1n) is 8.50. The van der Waals surface area contributed by atoms with Gasteiger partial charge in [-0.15, -0.1) is 0 Å². The van der Waals surface area contributed by atoms with Gasteiger partial charge in [-0.1, -0.05) is 30.3 Å². The highest BCUT2D eigenvalue weighted by Crippen LogP contribution is 2.75. The lowest BCUT2D eigenvalue weighted by Crippen LogP contribution is -2.37. The minimum Gasteiger partial charge on any atom is -0.342 e. The molecule has 2 aliphatic carbocycles. The number of fused-ring (bicyclic) bond motifs is 1. The number of benzene rings is 1. The molecule has 2 fully saturated rings. The third-order valence-corrected chi connectivity index (χ3v) is 5.33. The van der Waals surface area contributed by atoms with Crippen molar-refractivity contribution in [1.82, 2.24) is 9.88 Å². The Labute approximate surface area is 137 Å². The Balaban J connectivity index is 1.40. The summed E-state index contributed by atoms with van der Waals surface area (Å²) in [5.74, 6) is 1.10. The number of rotatable bonds is 7. The predicted octanol–water partition coefficient (Wildman–Crippen LogP) is 3.11. The molecule has 23 heavy (non-hydrogen) atoms. The Hall–Kier alpha value is -2.16. The summed E-state index contributed by atoms with van der Waals surface area (Å²) in [6.07, 6.45) is 7.74. The number of carbonyl (C=O) groups excluding carboxylic acids is 1. The maximum Gasteiger partial charge on any atom is 0.229 e. The third-order valence-electron chi connectivity index (χ3n) is 5.33. The first-order valence-corrected chi connectivity index (χ1v) is 8.50. The lowest BCUT2D eigenvalue weighted by Gasteiger charge is -2.24. The monoisotopic (exact) mass is 306 g/mol. The van der Waals surface area contributed by atoms with Crippen molar-refractivity contribution >= 4 is 5.91 Å². The lowest BCUT2D eigenvalue weighted by atomic mass is 10.1. The van der Waals surface area contributed by atoms with Crippen LogP contribution in [0.25, 0.3) is 0 Å². The summed E-state index contributed by atoms with van der Waals surface area (Å²) < 4.78 is 0. The summed E-state index contributed by atoms with van der Waals surface area (Å²) in [5.41, 5.74) is 2.61. The number of carbonyl (C=O) groups is 1. The van der Waals surface area contributed by atoms with Crippen molar-refractivity contribution in [3.8, 4) is 0 Å². The number of aromatic nitrogens is 1. The summed E-state index contributed by atoms with van der Waals surface area (Å²) in [6.45, 7) is 1.63. The van der Waals surface area contributed by atoms with Crippen LogP contribution in [-0.2, 0) is 17.6 Å². The Morgan fingerprint density at radius 1 is 1.00 bits per heavy atom. The summed E-state index contributed by atoms with van der Waals surface area (Å²) in [4.78, 5) is 19.0. The molecule has 3 nitrogen and oxygen atoms in total. The Morgan fingerprint density at radius 3 is 2.13 bits per heavy atom. The highest BCUT2D eigenvalue weighted by molar-refractivity contribution is 5.90. The van der Waals surface area contributed by atoms with Gasteiger partial charge in [0.05, 0.1) is 5.41 Å². The molecular weight excluding hydrogens is 284 g/mol. The van der Waals surface area contributed by atoms with Gasteiger partial charge in [0.2, 0.25) is 5.91 Å². The van der Waals surface area contributed by atoms with E-state index in [0.29, 0.717) is 11.8 Å². The molecule has 0 N–H and O–H groups in total. The van der Waals surface area contributed by atoms with Crippen LogP contribution in [-0.4, -0.2) is 28.9 Å². The molecule has 4 rings (SSSR count). The van der Waals surface area contributed by atoms with Gasteiger partial charge in [0, 0.05) is 25.5 Å². The fourth-order valence-electron chi connectivity index (χ4n) is 3.40. The van der Waals surface area contributed by atoms with E-state index in [9.17, 15) is 4.79 Å². The zero-order valence-corrected chi connectivity index (χ0v) is 13.3. The van der Waals surface area contributed by atoms with Gasteiger partial charge in [0.15, 0.2) is 0 Å². The molecule has 1 heterocycles. The maximum absolute atomic E-state index is 12.8. The lowest BCUT2D eigenvalue weighted by molar-refractivity contribution is -0.134. The van der Waals surface area contributed by atoms with Gasteiger partial charge < -0.3 is 4.90 Å². The van der Waals surface area contributed by atoms with E-state index in [4.69, 9.17) is 0 Å². The molecule has 0 atom stereocenters. The van der Waals surface area contributed by atoms with E-state index in [2.05, 4.69) is 34.1 Å². The van der Waals surface area contributed by atoms with Gasteiger partial charge in [0.1, 0.15) is 0 Å². The van der Waals surface area contributed by atoms with E-state index in [0.717, 1.165) is 38.8 Å². The van der Waals surface area contributed by atoms with Crippen LogP contribution >= 0.6 is 0 Å². The molecule has 2 saturated carbocycles. The highest BCUT2D eigenvalue weighted by Gasteiger charge is 2.75. The van der Waals surface area contributed by atoms with E-state index < -0.39 is 0 Å². The number of hydrogen-bond donors (Lipinski definition) is 0. The smallest absolute Gasteiger partial charge is 0.229 e. The van der Waals surface area contributed by atoms with E-state index in [1.807, 2.05) is 30.6 Å². The van der Waals surface area contributed by atoms with E-state index >= 15 is 0 Å². The van der Waals surface area contributed by atoms with Crippen molar-refractivity contribution < 1.29 is 4.79 Å². The minimum atomic E-state index is 0.0644. The molecule has 3 heteroatoms. The van der Waals surface area contributed by atoms with Crippen molar-refractivity contribution in [2.24, 2.45) is 11.3 Å². The SMILES string of the molecule is O=C(N(CCc1ccccc1)CCc1ccncc1)C12CC1C2. The second-order valence-electron chi connectivity index (χ2n) is 6.89. The number of hydrogen-bond acceptors (Lipinski definition) is 2. The van der Waals surface area contributed by atoms with E-state index in [1.54, 1.807) is 0 Å². The largest absolute Gasteiger partial charge is 0.342 e. The van der Waals surface area contributed by atoms with Gasteiger partial charge in [-0.05, 0) is 54.9 Å². The molecule has 0 radical (unpaired) electrons. The third kappa shape index (κ3) is 3.00. The van der Waals surface area contributed by atoms with E-state index in [-0.39, 0.29) is 5.41 Å². The summed E-state index contributed by atoms with van der Waals surface area (Å²) in [5, 5.41) is 0. The topological polar surface area (TPSA) is 33.2 Å². The van der Waals surface area contributed by atoms with Crippen LogP contribution in [0.5, 0.6) is 0 Å². The normalized spacial score (nSPS) is 23.9. The van der Waals surface area contributed by atoms with Crippen molar-refractivity contribution in [3.05, 3.63) is 66.0 Å². The molecule has 0 unspecified atom stereocenters. The van der Waals surface area contributed by atoms with Gasteiger partial charge in [-0.25, -0.2) is 0 Å².